The molecule has 0 bridgehead atoms. The van der Waals surface area contributed by atoms with Gasteiger partial charge in [0.1, 0.15) is 17.5 Å². The number of esters is 1. The van der Waals surface area contributed by atoms with E-state index in [0.717, 1.165) is 30.2 Å². The molecule has 0 saturated carbocycles. The van der Waals surface area contributed by atoms with Crippen LogP contribution in [0.2, 0.25) is 10.0 Å². The van der Waals surface area contributed by atoms with E-state index in [-0.39, 0.29) is 25.9 Å². The zero-order chi connectivity index (χ0) is 28.7. The van der Waals surface area contributed by atoms with E-state index in [1.165, 1.54) is 0 Å². The van der Waals surface area contributed by atoms with Crippen molar-refractivity contribution in [3.05, 3.63) is 40.3 Å². The van der Waals surface area contributed by atoms with Crippen molar-refractivity contribution in [1.29, 1.82) is 0 Å². The summed E-state index contributed by atoms with van der Waals surface area (Å²) in [5, 5.41) is 8.65. The highest BCUT2D eigenvalue weighted by atomic mass is 35.5. The molecular weight excluding hydrogens is 543 g/mol. The van der Waals surface area contributed by atoms with Gasteiger partial charge < -0.3 is 24.1 Å². The summed E-state index contributed by atoms with van der Waals surface area (Å²) in [5.41, 5.74) is 1.59. The van der Waals surface area contributed by atoms with Crippen LogP contribution in [0.15, 0.2) is 24.5 Å². The van der Waals surface area contributed by atoms with Crippen molar-refractivity contribution < 1.29 is 23.8 Å². The summed E-state index contributed by atoms with van der Waals surface area (Å²) in [5.74, 6) is -0.514. The quantitative estimate of drug-likeness (QED) is 0.296. The third kappa shape index (κ3) is 7.26. The Bertz CT molecular complexity index is 1290. The van der Waals surface area contributed by atoms with Crippen molar-refractivity contribution in [2.45, 2.75) is 79.2 Å². The molecule has 214 valence electrons. The monoisotopic (exact) mass is 580 g/mol. The molecule has 1 unspecified atom stereocenters. The van der Waals surface area contributed by atoms with E-state index in [2.05, 4.69) is 10.4 Å². The number of amides is 1. The van der Waals surface area contributed by atoms with Gasteiger partial charge in [0.05, 0.1) is 28.4 Å². The number of nitrogens with zero attached hydrogens (tertiary/aromatic N) is 3. The molecular formula is C28H38Cl2N4O5. The normalized spacial score (nSPS) is 15.4. The number of hydrogen-bond donors (Lipinski definition) is 1. The summed E-state index contributed by atoms with van der Waals surface area (Å²) in [4.78, 5) is 25.6. The van der Waals surface area contributed by atoms with Crippen LogP contribution in [-0.4, -0.2) is 51.8 Å². The zero-order valence-corrected chi connectivity index (χ0v) is 25.0. The van der Waals surface area contributed by atoms with Gasteiger partial charge >= 0.3 is 12.1 Å². The van der Waals surface area contributed by atoms with Crippen LogP contribution in [0.5, 0.6) is 0 Å². The fraction of sp³-hybridized carbons (Fsp3) is 0.536. The van der Waals surface area contributed by atoms with Crippen molar-refractivity contribution in [1.82, 2.24) is 19.7 Å². The van der Waals surface area contributed by atoms with Crippen LogP contribution in [0, 0.1) is 0 Å². The highest BCUT2D eigenvalue weighted by Gasteiger charge is 2.29. The Morgan fingerprint density at radius 1 is 1.21 bits per heavy atom. The largest absolute Gasteiger partial charge is 0.461 e. The van der Waals surface area contributed by atoms with Gasteiger partial charge in [0.25, 0.3) is 0 Å². The molecule has 1 saturated heterocycles. The van der Waals surface area contributed by atoms with E-state index in [9.17, 15) is 9.59 Å². The average Bonchev–Trinajstić information content (AvgIpc) is 3.50. The number of aromatic nitrogens is 3. The van der Waals surface area contributed by atoms with Crippen LogP contribution in [0.3, 0.4) is 0 Å². The Balaban J connectivity index is 0.00000205. The number of ether oxygens (including phenoxy) is 3. The van der Waals surface area contributed by atoms with E-state index in [0.29, 0.717) is 33.4 Å². The second-order valence-corrected chi connectivity index (χ2v) is 10.6. The Hall–Kier alpha value is -2.75. The molecule has 9 nitrogen and oxygen atoms in total. The summed E-state index contributed by atoms with van der Waals surface area (Å²) in [6.45, 7) is 12.4. The highest BCUT2D eigenvalue weighted by Crippen LogP contribution is 2.41. The van der Waals surface area contributed by atoms with E-state index < -0.39 is 17.7 Å². The van der Waals surface area contributed by atoms with Gasteiger partial charge in [-0.25, -0.2) is 14.3 Å². The molecule has 1 amide bonds. The van der Waals surface area contributed by atoms with Crippen molar-refractivity contribution in [2.75, 3.05) is 19.8 Å². The fourth-order valence-electron chi connectivity index (χ4n) is 4.45. The summed E-state index contributed by atoms with van der Waals surface area (Å²) in [6, 6.07) is 3.52. The molecule has 1 atom stereocenters. The van der Waals surface area contributed by atoms with Gasteiger partial charge in [-0.1, -0.05) is 43.1 Å². The first-order valence-electron chi connectivity index (χ1n) is 13.4. The molecule has 3 heterocycles. The van der Waals surface area contributed by atoms with Gasteiger partial charge in [-0.3, -0.25) is 0 Å². The van der Waals surface area contributed by atoms with E-state index in [4.69, 9.17) is 37.4 Å². The summed E-state index contributed by atoms with van der Waals surface area (Å²) in [6.07, 6.45) is 5.83. The summed E-state index contributed by atoms with van der Waals surface area (Å²) >= 11 is 13.1. The van der Waals surface area contributed by atoms with Crippen LogP contribution < -0.4 is 5.32 Å². The van der Waals surface area contributed by atoms with Crippen LogP contribution >= 0.6 is 23.2 Å². The van der Waals surface area contributed by atoms with Gasteiger partial charge in [-0.15, -0.1) is 0 Å². The number of hydrogen-bond acceptors (Lipinski definition) is 6. The van der Waals surface area contributed by atoms with Crippen LogP contribution in [0.1, 0.15) is 77.5 Å². The maximum absolute atomic E-state index is 13.3. The van der Waals surface area contributed by atoms with Crippen LogP contribution in [0.25, 0.3) is 22.0 Å². The molecule has 1 aliphatic heterocycles. The average molecular weight is 582 g/mol. The number of halogens is 2. The van der Waals surface area contributed by atoms with Crippen LogP contribution in [-0.2, 0) is 20.8 Å². The Morgan fingerprint density at radius 2 is 1.95 bits per heavy atom. The van der Waals surface area contributed by atoms with E-state index in [1.807, 2.05) is 26.1 Å². The molecule has 0 aliphatic carbocycles. The standard InChI is InChI=1S/C26H32Cl2N4O5.C2H6/c1-5-35-24(33)23-20(16-14-30-32(15-16)19-8-6-7-13-36-19)17-9-10-18(27)21(28)22(17)31(23)12-11-29-25(34)37-26(2,3)4;1-2/h9-10,14-15,19H,5-8,11-13H2,1-4H3,(H,29,34);1-2H3. The van der Waals surface area contributed by atoms with Gasteiger partial charge in [0.2, 0.25) is 0 Å². The Labute approximate surface area is 239 Å². The third-order valence-corrected chi connectivity index (χ3v) is 6.72. The maximum atomic E-state index is 13.3. The van der Waals surface area contributed by atoms with Gasteiger partial charge in [-0.2, -0.15) is 5.10 Å². The zero-order valence-electron chi connectivity index (χ0n) is 23.5. The predicted octanol–water partition coefficient (Wildman–Crippen LogP) is 7.24. The molecule has 0 spiro atoms. The highest BCUT2D eigenvalue weighted by molar-refractivity contribution is 6.45. The molecule has 11 heteroatoms. The van der Waals surface area contributed by atoms with E-state index in [1.54, 1.807) is 49.2 Å². The van der Waals surface area contributed by atoms with E-state index >= 15 is 0 Å². The second kappa shape index (κ2) is 13.5. The first-order chi connectivity index (χ1) is 18.6. The number of carbonyl (C=O) groups excluding carboxylic acids is 2. The molecule has 4 rings (SSSR count). The number of alkyl carbamates (subject to hydrolysis) is 1. The molecule has 2 aromatic heterocycles. The lowest BCUT2D eigenvalue weighted by molar-refractivity contribution is -0.0394. The van der Waals surface area contributed by atoms with Crippen molar-refractivity contribution in [2.24, 2.45) is 0 Å². The lowest BCUT2D eigenvalue weighted by atomic mass is 10.1. The second-order valence-electron chi connectivity index (χ2n) is 9.81. The molecule has 3 aromatic rings. The number of fused-ring (bicyclic) bond motifs is 1. The maximum Gasteiger partial charge on any atom is 0.407 e. The number of benzene rings is 1. The van der Waals surface area contributed by atoms with Crippen LogP contribution in [0.4, 0.5) is 4.79 Å². The van der Waals surface area contributed by atoms with Crippen molar-refractivity contribution in [3.63, 3.8) is 0 Å². The molecule has 1 aromatic carbocycles. The Morgan fingerprint density at radius 3 is 2.59 bits per heavy atom. The topological polar surface area (TPSA) is 96.6 Å². The lowest BCUT2D eigenvalue weighted by Gasteiger charge is -2.22. The minimum absolute atomic E-state index is 0.155. The smallest absolute Gasteiger partial charge is 0.407 e. The number of carbonyl (C=O) groups is 2. The predicted molar refractivity (Wildman–Crippen MR) is 154 cm³/mol. The molecule has 0 radical (unpaired) electrons. The molecule has 1 N–H and O–H groups in total. The minimum Gasteiger partial charge on any atom is -0.461 e. The third-order valence-electron chi connectivity index (χ3n) is 5.93. The first kappa shape index (κ1) is 30.8. The van der Waals surface area contributed by atoms with Gasteiger partial charge in [-0.05, 0) is 53.0 Å². The van der Waals surface area contributed by atoms with Crippen molar-refractivity contribution in [3.8, 4) is 11.1 Å². The fourth-order valence-corrected chi connectivity index (χ4v) is 4.87. The number of nitrogens with one attached hydrogen (secondary N) is 1. The SMILES string of the molecule is CC.CCOC(=O)c1c(-c2cnn(C3CCCCO3)c2)c2ccc(Cl)c(Cl)c2n1CCNC(=O)OC(C)(C)C. The minimum atomic E-state index is -0.632. The molecule has 1 aliphatic rings. The van der Waals surface area contributed by atoms with Gasteiger partial charge in [0, 0.05) is 42.4 Å². The van der Waals surface area contributed by atoms with Crippen molar-refractivity contribution >= 4 is 46.2 Å². The number of rotatable bonds is 7. The molecule has 1 fully saturated rings. The lowest BCUT2D eigenvalue weighted by Crippen LogP contribution is -2.34. The van der Waals surface area contributed by atoms with Gasteiger partial charge in [0.15, 0.2) is 0 Å². The Kier molecular flexibility index (Phi) is 10.7. The first-order valence-corrected chi connectivity index (χ1v) is 14.2. The molecule has 39 heavy (non-hydrogen) atoms. The summed E-state index contributed by atoms with van der Waals surface area (Å²) in [7, 11) is 0. The summed E-state index contributed by atoms with van der Waals surface area (Å²) < 4.78 is 20.2.